The molecule has 0 unspecified atom stereocenters. The van der Waals surface area contributed by atoms with E-state index in [-0.39, 0.29) is 5.56 Å². The zero-order valence-electron chi connectivity index (χ0n) is 11.2. The van der Waals surface area contributed by atoms with E-state index in [0.717, 1.165) is 5.56 Å². The molecule has 1 aromatic carbocycles. The number of amides is 1. The number of benzene rings is 1. The fourth-order valence-corrected chi connectivity index (χ4v) is 2.26. The molecule has 19 heavy (non-hydrogen) atoms. The van der Waals surface area contributed by atoms with Crippen molar-refractivity contribution in [3.8, 4) is 0 Å². The largest absolute Gasteiger partial charge is 0.350 e. The summed E-state index contributed by atoms with van der Waals surface area (Å²) < 4.78 is 28.7. The second-order valence-corrected chi connectivity index (χ2v) is 4.93. The van der Waals surface area contributed by atoms with Crippen LogP contribution in [0, 0.1) is 13.8 Å². The second kappa shape index (κ2) is 5.25. The molecular formula is C14H18F2N2O. The lowest BCUT2D eigenvalue weighted by Gasteiger charge is -2.31. The minimum Gasteiger partial charge on any atom is -0.335 e. The first kappa shape index (κ1) is 13.9. The van der Waals surface area contributed by atoms with Crippen molar-refractivity contribution in [3.05, 3.63) is 34.9 Å². The minimum atomic E-state index is -3.45. The number of carbonyl (C=O) groups excluding carboxylic acids is 1. The van der Waals surface area contributed by atoms with E-state index in [1.807, 2.05) is 0 Å². The predicted octanol–water partition coefficient (Wildman–Crippen LogP) is 1.83. The van der Waals surface area contributed by atoms with Crippen molar-refractivity contribution in [2.75, 3.05) is 26.2 Å². The van der Waals surface area contributed by atoms with E-state index in [4.69, 9.17) is 0 Å². The average Bonchev–Trinajstić information content (AvgIpc) is 2.41. The molecule has 2 rings (SSSR count). The summed E-state index contributed by atoms with van der Waals surface area (Å²) in [6.45, 7) is 5.14. The highest BCUT2D eigenvalue weighted by atomic mass is 19.3. The summed E-state index contributed by atoms with van der Waals surface area (Å²) in [4.78, 5) is 13.3. The summed E-state index contributed by atoms with van der Waals surface area (Å²) in [5.74, 6) is -4.55. The van der Waals surface area contributed by atoms with Crippen LogP contribution in [0.3, 0.4) is 0 Å². The molecule has 0 spiro atoms. The second-order valence-electron chi connectivity index (χ2n) is 4.93. The third kappa shape index (κ3) is 2.76. The van der Waals surface area contributed by atoms with Crippen LogP contribution in [-0.4, -0.2) is 37.0 Å². The number of piperazine rings is 1. The third-order valence-electron chi connectivity index (χ3n) is 3.40. The van der Waals surface area contributed by atoms with Crippen molar-refractivity contribution >= 4 is 5.91 Å². The molecule has 1 amide bonds. The van der Waals surface area contributed by atoms with Gasteiger partial charge in [-0.2, -0.15) is 8.78 Å². The molecule has 1 N–H and O–H groups in total. The topological polar surface area (TPSA) is 32.3 Å². The van der Waals surface area contributed by atoms with E-state index in [0.29, 0.717) is 31.7 Å². The van der Waals surface area contributed by atoms with Gasteiger partial charge in [0.25, 0.3) is 5.91 Å². The highest BCUT2D eigenvalue weighted by Gasteiger charge is 2.45. The van der Waals surface area contributed by atoms with Crippen LogP contribution in [-0.2, 0) is 10.7 Å². The Morgan fingerprint density at radius 1 is 1.26 bits per heavy atom. The van der Waals surface area contributed by atoms with Gasteiger partial charge in [-0.1, -0.05) is 17.7 Å². The van der Waals surface area contributed by atoms with Gasteiger partial charge in [-0.15, -0.1) is 0 Å². The number of carbonyl (C=O) groups is 1. The molecule has 1 aromatic rings. The van der Waals surface area contributed by atoms with Gasteiger partial charge in [-0.05, 0) is 25.5 Å². The van der Waals surface area contributed by atoms with Gasteiger partial charge >= 0.3 is 5.92 Å². The van der Waals surface area contributed by atoms with Gasteiger partial charge in [-0.3, -0.25) is 4.79 Å². The van der Waals surface area contributed by atoms with Gasteiger partial charge in [-0.25, -0.2) is 0 Å². The minimum absolute atomic E-state index is 0.184. The van der Waals surface area contributed by atoms with Gasteiger partial charge in [0.05, 0.1) is 0 Å². The molecule has 0 aromatic heterocycles. The van der Waals surface area contributed by atoms with Crippen molar-refractivity contribution in [2.45, 2.75) is 19.8 Å². The Kier molecular flexibility index (Phi) is 3.85. The molecule has 1 saturated heterocycles. The van der Waals surface area contributed by atoms with E-state index < -0.39 is 11.8 Å². The van der Waals surface area contributed by atoms with Crippen molar-refractivity contribution in [2.24, 2.45) is 0 Å². The Morgan fingerprint density at radius 3 is 2.53 bits per heavy atom. The normalized spacial score (nSPS) is 16.5. The van der Waals surface area contributed by atoms with Crippen molar-refractivity contribution in [3.63, 3.8) is 0 Å². The van der Waals surface area contributed by atoms with Gasteiger partial charge in [0, 0.05) is 31.7 Å². The molecule has 1 aliphatic heterocycles. The number of rotatable bonds is 2. The summed E-state index contributed by atoms with van der Waals surface area (Å²) in [5, 5.41) is 3.04. The van der Waals surface area contributed by atoms with Crippen LogP contribution in [0.15, 0.2) is 18.2 Å². The van der Waals surface area contributed by atoms with Gasteiger partial charge in [0.15, 0.2) is 0 Å². The molecular weight excluding hydrogens is 250 g/mol. The van der Waals surface area contributed by atoms with Crippen LogP contribution in [0.1, 0.15) is 16.7 Å². The number of hydrogen-bond acceptors (Lipinski definition) is 2. The number of nitrogens with one attached hydrogen (secondary N) is 1. The highest BCUT2D eigenvalue weighted by molar-refractivity contribution is 5.85. The molecule has 0 bridgehead atoms. The molecule has 3 nitrogen and oxygen atoms in total. The fourth-order valence-electron chi connectivity index (χ4n) is 2.26. The van der Waals surface area contributed by atoms with E-state index in [2.05, 4.69) is 5.32 Å². The molecule has 0 saturated carbocycles. The maximum absolute atomic E-state index is 14.4. The number of hydrogen-bond donors (Lipinski definition) is 1. The van der Waals surface area contributed by atoms with E-state index >= 15 is 0 Å². The predicted molar refractivity (Wildman–Crippen MR) is 69.3 cm³/mol. The number of aryl methyl sites for hydroxylation is 2. The summed E-state index contributed by atoms with van der Waals surface area (Å²) in [5.41, 5.74) is 0.989. The Morgan fingerprint density at radius 2 is 1.89 bits per heavy atom. The first-order chi connectivity index (χ1) is 8.93. The Labute approximate surface area is 111 Å². The van der Waals surface area contributed by atoms with Gasteiger partial charge in [0.1, 0.15) is 0 Å². The van der Waals surface area contributed by atoms with Crippen molar-refractivity contribution in [1.82, 2.24) is 10.2 Å². The highest BCUT2D eigenvalue weighted by Crippen LogP contribution is 2.33. The molecule has 1 heterocycles. The van der Waals surface area contributed by atoms with Crippen LogP contribution >= 0.6 is 0 Å². The molecule has 5 heteroatoms. The summed E-state index contributed by atoms with van der Waals surface area (Å²) in [6.07, 6.45) is 0. The SMILES string of the molecule is Cc1ccc(C)c(C(F)(F)C(=O)N2CCNCC2)c1. The lowest BCUT2D eigenvalue weighted by molar-refractivity contribution is -0.159. The monoisotopic (exact) mass is 268 g/mol. The third-order valence-corrected chi connectivity index (χ3v) is 3.40. The molecule has 0 radical (unpaired) electrons. The zero-order valence-corrected chi connectivity index (χ0v) is 11.2. The maximum atomic E-state index is 14.4. The average molecular weight is 268 g/mol. The zero-order chi connectivity index (χ0) is 14.0. The Balaban J connectivity index is 2.29. The molecule has 1 aliphatic rings. The standard InChI is InChI=1S/C14H18F2N2O/c1-10-3-4-11(2)12(9-10)14(15,16)13(19)18-7-5-17-6-8-18/h3-4,9,17H,5-8H2,1-2H3. The van der Waals surface area contributed by atoms with Crippen LogP contribution in [0.5, 0.6) is 0 Å². The van der Waals surface area contributed by atoms with Crippen molar-refractivity contribution < 1.29 is 13.6 Å². The van der Waals surface area contributed by atoms with Gasteiger partial charge < -0.3 is 10.2 Å². The quantitative estimate of drug-likeness (QED) is 0.887. The molecule has 0 atom stereocenters. The molecule has 104 valence electrons. The van der Waals surface area contributed by atoms with Gasteiger partial charge in [0.2, 0.25) is 0 Å². The van der Waals surface area contributed by atoms with Crippen LogP contribution in [0.2, 0.25) is 0 Å². The van der Waals surface area contributed by atoms with Crippen molar-refractivity contribution in [1.29, 1.82) is 0 Å². The maximum Gasteiger partial charge on any atom is 0.350 e. The Hall–Kier alpha value is -1.49. The van der Waals surface area contributed by atoms with Crippen LogP contribution in [0.4, 0.5) is 8.78 Å². The van der Waals surface area contributed by atoms with E-state index in [1.54, 1.807) is 26.0 Å². The lowest BCUT2D eigenvalue weighted by Crippen LogP contribution is -2.51. The Bertz CT molecular complexity index is 482. The number of nitrogens with zero attached hydrogens (tertiary/aromatic N) is 1. The van der Waals surface area contributed by atoms with Crippen LogP contribution < -0.4 is 5.32 Å². The molecule has 1 fully saturated rings. The number of alkyl halides is 2. The fraction of sp³-hybridized carbons (Fsp3) is 0.500. The van der Waals surface area contributed by atoms with E-state index in [9.17, 15) is 13.6 Å². The smallest absolute Gasteiger partial charge is 0.335 e. The summed E-state index contributed by atoms with van der Waals surface area (Å²) in [7, 11) is 0. The summed E-state index contributed by atoms with van der Waals surface area (Å²) in [6, 6.07) is 4.79. The first-order valence-electron chi connectivity index (χ1n) is 6.38. The molecule has 0 aliphatic carbocycles. The lowest BCUT2D eigenvalue weighted by atomic mass is 9.99. The summed E-state index contributed by atoms with van der Waals surface area (Å²) >= 11 is 0. The number of halogens is 2. The van der Waals surface area contributed by atoms with Crippen LogP contribution in [0.25, 0.3) is 0 Å². The van der Waals surface area contributed by atoms with E-state index in [1.165, 1.54) is 11.0 Å². The first-order valence-corrected chi connectivity index (χ1v) is 6.38.